The van der Waals surface area contributed by atoms with Crippen molar-refractivity contribution in [2.24, 2.45) is 0 Å². The molecular formula is C19H13FN4O2S2. The second-order valence-corrected chi connectivity index (χ2v) is 8.00. The van der Waals surface area contributed by atoms with E-state index in [0.29, 0.717) is 31.7 Å². The van der Waals surface area contributed by atoms with Crippen LogP contribution in [0.5, 0.6) is 0 Å². The van der Waals surface area contributed by atoms with Crippen molar-refractivity contribution in [3.8, 4) is 0 Å². The maximum atomic E-state index is 13.7. The third-order valence-electron chi connectivity index (χ3n) is 3.93. The van der Waals surface area contributed by atoms with Crippen molar-refractivity contribution in [2.75, 3.05) is 5.32 Å². The number of para-hydroxylation sites is 1. The summed E-state index contributed by atoms with van der Waals surface area (Å²) in [6, 6.07) is 14.9. The number of anilines is 1. The molecular weight excluding hydrogens is 399 g/mol. The molecule has 0 radical (unpaired) electrons. The molecule has 2 aromatic carbocycles. The van der Waals surface area contributed by atoms with Crippen molar-refractivity contribution < 1.29 is 9.18 Å². The van der Waals surface area contributed by atoms with Gasteiger partial charge in [0.05, 0.1) is 5.56 Å². The molecule has 0 aliphatic rings. The number of rotatable bonds is 5. The monoisotopic (exact) mass is 412 g/mol. The molecule has 9 heteroatoms. The quantitative estimate of drug-likeness (QED) is 0.381. The second-order valence-electron chi connectivity index (χ2n) is 5.80. The highest BCUT2D eigenvalue weighted by Crippen LogP contribution is 2.29. The number of aromatic amines is 1. The van der Waals surface area contributed by atoms with Crippen LogP contribution in [0.4, 0.5) is 9.52 Å². The number of carbonyl (C=O) groups excluding carboxylic acids is 1. The molecule has 0 spiro atoms. The molecule has 6 nitrogen and oxygen atoms in total. The summed E-state index contributed by atoms with van der Waals surface area (Å²) >= 11 is 2.53. The summed E-state index contributed by atoms with van der Waals surface area (Å²) in [4.78, 5) is 27.1. The van der Waals surface area contributed by atoms with Crippen molar-refractivity contribution in [3.05, 3.63) is 81.9 Å². The van der Waals surface area contributed by atoms with Crippen LogP contribution in [0.15, 0.2) is 63.7 Å². The average Bonchev–Trinajstić information content (AvgIpc) is 3.14. The summed E-state index contributed by atoms with van der Waals surface area (Å²) in [6.45, 7) is 0. The number of carbonyl (C=O) groups is 1. The number of benzene rings is 2. The van der Waals surface area contributed by atoms with E-state index < -0.39 is 5.91 Å². The predicted octanol–water partition coefficient (Wildman–Crippen LogP) is 4.06. The smallest absolute Gasteiger partial charge is 0.258 e. The Bertz CT molecular complexity index is 1220. The summed E-state index contributed by atoms with van der Waals surface area (Å²) in [5.41, 5.74) is 1.05. The van der Waals surface area contributed by atoms with Crippen molar-refractivity contribution in [1.29, 1.82) is 0 Å². The molecule has 0 atom stereocenters. The van der Waals surface area contributed by atoms with E-state index in [-0.39, 0.29) is 16.9 Å². The number of aromatic nitrogens is 3. The van der Waals surface area contributed by atoms with E-state index in [0.717, 1.165) is 0 Å². The summed E-state index contributed by atoms with van der Waals surface area (Å²) in [5.74, 6) is -0.299. The molecule has 0 saturated heterocycles. The number of pyridine rings is 1. The van der Waals surface area contributed by atoms with Crippen molar-refractivity contribution >= 4 is 45.0 Å². The van der Waals surface area contributed by atoms with Crippen LogP contribution in [-0.4, -0.2) is 21.1 Å². The second kappa shape index (κ2) is 7.91. The standard InChI is InChI=1S/C19H13FN4O2S2/c20-14-7-3-1-5-11(14)10-27-19-24-23-18(28-19)22-17(26)13-9-16(25)21-15-8-4-2-6-12(13)15/h1-9H,10H2,(H,21,25)(H,22,23,26). The molecule has 4 rings (SSSR count). The highest BCUT2D eigenvalue weighted by Gasteiger charge is 2.15. The van der Waals surface area contributed by atoms with Gasteiger partial charge in [0.25, 0.3) is 5.91 Å². The minimum absolute atomic E-state index is 0.259. The molecule has 2 N–H and O–H groups in total. The molecule has 0 aliphatic carbocycles. The van der Waals surface area contributed by atoms with Crippen LogP contribution < -0.4 is 10.9 Å². The number of nitrogens with one attached hydrogen (secondary N) is 2. The van der Waals surface area contributed by atoms with E-state index >= 15 is 0 Å². The van der Waals surface area contributed by atoms with E-state index in [1.165, 1.54) is 35.2 Å². The zero-order valence-corrected chi connectivity index (χ0v) is 15.9. The number of thioether (sulfide) groups is 1. The van der Waals surface area contributed by atoms with Crippen LogP contribution in [0.25, 0.3) is 10.9 Å². The fraction of sp³-hybridized carbons (Fsp3) is 0.0526. The fourth-order valence-electron chi connectivity index (χ4n) is 2.63. The molecule has 4 aromatic rings. The average molecular weight is 412 g/mol. The molecule has 2 heterocycles. The van der Waals surface area contributed by atoms with Crippen molar-refractivity contribution in [1.82, 2.24) is 15.2 Å². The molecule has 0 aliphatic heterocycles. The maximum absolute atomic E-state index is 13.7. The van der Waals surface area contributed by atoms with Crippen LogP contribution in [0.1, 0.15) is 15.9 Å². The SMILES string of the molecule is O=C(Nc1nnc(SCc2ccccc2F)s1)c1cc(=O)[nH]c2ccccc12. The Morgan fingerprint density at radius 2 is 1.93 bits per heavy atom. The van der Waals surface area contributed by atoms with Gasteiger partial charge < -0.3 is 4.98 Å². The van der Waals surface area contributed by atoms with Gasteiger partial charge in [-0.25, -0.2) is 4.39 Å². The largest absolute Gasteiger partial charge is 0.322 e. The van der Waals surface area contributed by atoms with Crippen LogP contribution in [0, 0.1) is 5.82 Å². The van der Waals surface area contributed by atoms with E-state index in [2.05, 4.69) is 20.5 Å². The lowest BCUT2D eigenvalue weighted by molar-refractivity contribution is 0.102. The Hall–Kier alpha value is -3.04. The number of amides is 1. The van der Waals surface area contributed by atoms with Crippen LogP contribution in [0.2, 0.25) is 0 Å². The zero-order chi connectivity index (χ0) is 19.5. The number of fused-ring (bicyclic) bond motifs is 1. The number of halogens is 1. The van der Waals surface area contributed by atoms with Gasteiger partial charge in [-0.05, 0) is 17.7 Å². The highest BCUT2D eigenvalue weighted by atomic mass is 32.2. The lowest BCUT2D eigenvalue weighted by Gasteiger charge is -2.05. The summed E-state index contributed by atoms with van der Waals surface area (Å²) < 4.78 is 14.3. The first-order chi connectivity index (χ1) is 13.6. The Balaban J connectivity index is 1.49. The third kappa shape index (κ3) is 3.95. The summed E-state index contributed by atoms with van der Waals surface area (Å²) in [6.07, 6.45) is 0. The fourth-order valence-corrected chi connectivity index (χ4v) is 4.36. The van der Waals surface area contributed by atoms with Crippen molar-refractivity contribution in [2.45, 2.75) is 10.1 Å². The lowest BCUT2D eigenvalue weighted by Crippen LogP contribution is -2.16. The van der Waals surface area contributed by atoms with E-state index in [9.17, 15) is 14.0 Å². The Labute approximate surface area is 166 Å². The minimum atomic E-state index is -0.441. The first kappa shape index (κ1) is 18.3. The lowest BCUT2D eigenvalue weighted by atomic mass is 10.1. The van der Waals surface area contributed by atoms with Gasteiger partial charge in [0.2, 0.25) is 10.7 Å². The van der Waals surface area contributed by atoms with Gasteiger partial charge in [-0.15, -0.1) is 10.2 Å². The normalized spacial score (nSPS) is 10.9. The molecule has 0 unspecified atom stereocenters. The van der Waals surface area contributed by atoms with Gasteiger partial charge in [0, 0.05) is 22.7 Å². The first-order valence-electron chi connectivity index (χ1n) is 8.23. The molecule has 0 fully saturated rings. The van der Waals surface area contributed by atoms with Gasteiger partial charge >= 0.3 is 0 Å². The number of nitrogens with zero attached hydrogens (tertiary/aromatic N) is 2. The minimum Gasteiger partial charge on any atom is -0.322 e. The van der Waals surface area contributed by atoms with Gasteiger partial charge in [-0.2, -0.15) is 0 Å². The Morgan fingerprint density at radius 3 is 2.79 bits per heavy atom. The summed E-state index contributed by atoms with van der Waals surface area (Å²) in [5, 5.41) is 11.6. The molecule has 140 valence electrons. The topological polar surface area (TPSA) is 87.7 Å². The van der Waals surface area contributed by atoms with Gasteiger partial charge in [-0.1, -0.05) is 59.5 Å². The third-order valence-corrected chi connectivity index (χ3v) is 5.95. The van der Waals surface area contributed by atoms with E-state index in [1.807, 2.05) is 0 Å². The zero-order valence-electron chi connectivity index (χ0n) is 14.3. The van der Waals surface area contributed by atoms with E-state index in [1.54, 1.807) is 42.5 Å². The Kier molecular flexibility index (Phi) is 5.18. The molecule has 1 amide bonds. The van der Waals surface area contributed by atoms with E-state index in [4.69, 9.17) is 0 Å². The highest BCUT2D eigenvalue weighted by molar-refractivity contribution is 8.00. The number of H-pyrrole nitrogens is 1. The Morgan fingerprint density at radius 1 is 1.14 bits per heavy atom. The molecule has 0 bridgehead atoms. The summed E-state index contributed by atoms with van der Waals surface area (Å²) in [7, 11) is 0. The van der Waals surface area contributed by atoms with Gasteiger partial charge in [0.1, 0.15) is 5.82 Å². The number of hydrogen-bond donors (Lipinski definition) is 2. The maximum Gasteiger partial charge on any atom is 0.258 e. The van der Waals surface area contributed by atoms with Gasteiger partial charge in [-0.3, -0.25) is 14.9 Å². The van der Waals surface area contributed by atoms with Gasteiger partial charge in [0.15, 0.2) is 4.34 Å². The van der Waals surface area contributed by atoms with Crippen LogP contribution in [-0.2, 0) is 5.75 Å². The number of hydrogen-bond acceptors (Lipinski definition) is 6. The van der Waals surface area contributed by atoms with Crippen molar-refractivity contribution in [3.63, 3.8) is 0 Å². The van der Waals surface area contributed by atoms with Crippen LogP contribution >= 0.6 is 23.1 Å². The molecule has 28 heavy (non-hydrogen) atoms. The molecule has 0 saturated carbocycles. The van der Waals surface area contributed by atoms with Crippen LogP contribution in [0.3, 0.4) is 0 Å². The first-order valence-corrected chi connectivity index (χ1v) is 10.0. The molecule has 2 aromatic heterocycles. The predicted molar refractivity (Wildman–Crippen MR) is 108 cm³/mol.